The molecule has 2 aliphatic heterocycles. The number of rotatable bonds is 8. The molecular weight excluding hydrogens is 577 g/mol. The maximum atomic E-state index is 16.5. The van der Waals surface area contributed by atoms with Gasteiger partial charge in [0.1, 0.15) is 23.7 Å². The Morgan fingerprint density at radius 1 is 1.13 bits per heavy atom. The zero-order chi connectivity index (χ0) is 31.3. The number of nitrogens with one attached hydrogen (secondary N) is 1. The molecule has 4 heterocycles. The summed E-state index contributed by atoms with van der Waals surface area (Å²) in [7, 11) is 1.58. The van der Waals surface area contributed by atoms with Crippen molar-refractivity contribution in [1.82, 2.24) is 14.9 Å². The topological polar surface area (TPSA) is 138 Å². The number of halogens is 1. The Morgan fingerprint density at radius 3 is 2.84 bits per heavy atom. The molecule has 3 N–H and O–H groups in total. The van der Waals surface area contributed by atoms with Crippen molar-refractivity contribution in [1.29, 1.82) is 0 Å². The van der Waals surface area contributed by atoms with E-state index in [2.05, 4.69) is 20.1 Å². The number of hydrogen-bond donors (Lipinski definition) is 2. The molecule has 12 heteroatoms. The van der Waals surface area contributed by atoms with Gasteiger partial charge >= 0.3 is 0 Å². The average molecular weight is 610 g/mol. The number of nitrogens with two attached hydrogens (primary N) is 1. The van der Waals surface area contributed by atoms with Crippen LogP contribution in [0.1, 0.15) is 28.9 Å². The Labute approximate surface area is 258 Å². The summed E-state index contributed by atoms with van der Waals surface area (Å²) in [6.45, 7) is 1.67. The number of para-hydroxylation sites is 1. The molecule has 6 rings (SSSR count). The molecule has 230 valence electrons. The Balaban J connectivity index is 1.40. The molecule has 0 aliphatic carbocycles. The van der Waals surface area contributed by atoms with Gasteiger partial charge in [-0.1, -0.05) is 24.3 Å². The van der Waals surface area contributed by atoms with Crippen LogP contribution in [-0.2, 0) is 4.79 Å². The van der Waals surface area contributed by atoms with Crippen molar-refractivity contribution >= 4 is 46.4 Å². The number of H-pyrrole nitrogens is 1. The minimum absolute atomic E-state index is 0.0816. The first-order valence-corrected chi connectivity index (χ1v) is 14.6. The van der Waals surface area contributed by atoms with Crippen LogP contribution in [0.15, 0.2) is 70.9 Å². The van der Waals surface area contributed by atoms with E-state index in [1.807, 2.05) is 30.3 Å². The minimum atomic E-state index is -0.502. The van der Waals surface area contributed by atoms with E-state index in [0.29, 0.717) is 72.1 Å². The lowest BCUT2D eigenvalue weighted by molar-refractivity contribution is -0.130. The van der Waals surface area contributed by atoms with Crippen molar-refractivity contribution < 1.29 is 23.5 Å². The van der Waals surface area contributed by atoms with Crippen LogP contribution in [0.2, 0.25) is 0 Å². The summed E-state index contributed by atoms with van der Waals surface area (Å²) in [5.74, 6) is 5.13. The summed E-state index contributed by atoms with van der Waals surface area (Å²) in [5.41, 5.74) is 3.43. The van der Waals surface area contributed by atoms with E-state index < -0.39 is 5.82 Å². The van der Waals surface area contributed by atoms with Crippen molar-refractivity contribution in [2.75, 3.05) is 44.8 Å². The first-order valence-electron chi connectivity index (χ1n) is 14.6. The second kappa shape index (κ2) is 13.0. The Morgan fingerprint density at radius 2 is 2.00 bits per heavy atom. The molecule has 2 aliphatic rings. The average Bonchev–Trinajstić information content (AvgIpc) is 3.54. The number of aromatic amines is 1. The lowest BCUT2D eigenvalue weighted by Crippen LogP contribution is -2.38. The van der Waals surface area contributed by atoms with Gasteiger partial charge in [-0.05, 0) is 47.9 Å². The van der Waals surface area contributed by atoms with E-state index in [-0.39, 0.29) is 36.0 Å². The summed E-state index contributed by atoms with van der Waals surface area (Å²) >= 11 is 0. The third kappa shape index (κ3) is 5.86. The number of pyridine rings is 1. The van der Waals surface area contributed by atoms with Gasteiger partial charge in [-0.15, -0.1) is 0 Å². The monoisotopic (exact) mass is 609 g/mol. The molecular formula is C33H32FN7O4. The number of carbonyl (C=O) groups excluding carboxylic acids is 2. The largest absolute Gasteiger partial charge is 0.496 e. The quantitative estimate of drug-likeness (QED) is 0.172. The van der Waals surface area contributed by atoms with Gasteiger partial charge in [-0.2, -0.15) is 5.10 Å². The molecule has 0 unspecified atom stereocenters. The fourth-order valence-corrected chi connectivity index (χ4v) is 5.74. The number of hydrazone groups is 1. The molecule has 0 spiro atoms. The Bertz CT molecular complexity index is 1850. The van der Waals surface area contributed by atoms with Crippen molar-refractivity contribution in [2.45, 2.75) is 12.8 Å². The number of ether oxygens (including phenoxy) is 2. The zero-order valence-corrected chi connectivity index (χ0v) is 24.7. The summed E-state index contributed by atoms with van der Waals surface area (Å²) in [4.78, 5) is 41.6. The number of amides is 2. The van der Waals surface area contributed by atoms with Gasteiger partial charge in [0.05, 0.1) is 25.4 Å². The maximum Gasteiger partial charge on any atom is 0.274 e. The van der Waals surface area contributed by atoms with Crippen LogP contribution in [0.4, 0.5) is 10.1 Å². The molecule has 0 bridgehead atoms. The number of benzene rings is 2. The maximum absolute atomic E-state index is 16.5. The lowest BCUT2D eigenvalue weighted by Gasteiger charge is -2.28. The van der Waals surface area contributed by atoms with Crippen LogP contribution in [0.5, 0.6) is 11.6 Å². The standard InChI is InChI=1S/C33H32FN7O4/c1-44-28-9-3-2-7-22(28)24-18-23(21-6-5-15-40(20-21)29(42)10-12-36-13-14-38-35)30(34)31-25(24)19-26(39-31)33(43)41-16-17-45-32-27(41)8-4-11-37-32/h2-4,6-9,11,13-14,18-19,39H,5,10,12,15-17,20,35H2,1H3/b36-13?,38-14-. The first kappa shape index (κ1) is 29.5. The van der Waals surface area contributed by atoms with Crippen LogP contribution in [-0.4, -0.2) is 79.0 Å². The molecule has 0 saturated carbocycles. The number of hydrogen-bond acceptors (Lipinski definition) is 8. The van der Waals surface area contributed by atoms with Gasteiger partial charge in [0, 0.05) is 55.0 Å². The van der Waals surface area contributed by atoms with E-state index in [9.17, 15) is 9.59 Å². The number of methoxy groups -OCH3 is 1. The van der Waals surface area contributed by atoms with Crippen LogP contribution in [0, 0.1) is 5.82 Å². The number of aromatic nitrogens is 2. The normalized spacial score (nSPS) is 14.9. The van der Waals surface area contributed by atoms with Crippen LogP contribution in [0.25, 0.3) is 27.6 Å². The third-order valence-corrected chi connectivity index (χ3v) is 7.88. The second-order valence-electron chi connectivity index (χ2n) is 10.5. The highest BCUT2D eigenvalue weighted by Crippen LogP contribution is 2.40. The molecule has 2 aromatic heterocycles. The fraction of sp³-hybridized carbons (Fsp3) is 0.242. The van der Waals surface area contributed by atoms with Gasteiger partial charge in [0.25, 0.3) is 5.91 Å². The number of nitrogens with zero attached hydrogens (tertiary/aromatic N) is 5. The van der Waals surface area contributed by atoms with Crippen LogP contribution >= 0.6 is 0 Å². The van der Waals surface area contributed by atoms with Gasteiger partial charge in [0.2, 0.25) is 11.8 Å². The smallest absolute Gasteiger partial charge is 0.274 e. The molecule has 45 heavy (non-hydrogen) atoms. The highest BCUT2D eigenvalue weighted by atomic mass is 19.1. The number of fused-ring (bicyclic) bond motifs is 2. The number of carbonyl (C=O) groups is 2. The lowest BCUT2D eigenvalue weighted by atomic mass is 9.93. The van der Waals surface area contributed by atoms with Crippen molar-refractivity contribution in [3.63, 3.8) is 0 Å². The number of aliphatic imine (C=N–C) groups is 1. The predicted molar refractivity (Wildman–Crippen MR) is 171 cm³/mol. The van der Waals surface area contributed by atoms with E-state index >= 15 is 4.39 Å². The summed E-state index contributed by atoms with van der Waals surface area (Å²) in [6, 6.07) is 14.4. The third-order valence-electron chi connectivity index (χ3n) is 7.88. The molecule has 0 fully saturated rings. The van der Waals surface area contributed by atoms with E-state index in [0.717, 1.165) is 5.56 Å². The Hall–Kier alpha value is -5.52. The van der Waals surface area contributed by atoms with E-state index in [1.165, 1.54) is 12.4 Å². The molecule has 4 aromatic rings. The van der Waals surface area contributed by atoms with E-state index in [4.69, 9.17) is 15.3 Å². The first-order chi connectivity index (χ1) is 22.0. The molecule has 2 aromatic carbocycles. The highest BCUT2D eigenvalue weighted by Gasteiger charge is 2.29. The molecule has 0 atom stereocenters. The van der Waals surface area contributed by atoms with Crippen LogP contribution in [0.3, 0.4) is 0 Å². The summed E-state index contributed by atoms with van der Waals surface area (Å²) < 4.78 is 27.8. The summed E-state index contributed by atoms with van der Waals surface area (Å²) in [6.07, 6.45) is 7.14. The van der Waals surface area contributed by atoms with Crippen molar-refractivity contribution in [3.8, 4) is 22.8 Å². The molecule has 11 nitrogen and oxygen atoms in total. The van der Waals surface area contributed by atoms with Crippen molar-refractivity contribution in [3.05, 3.63) is 77.9 Å². The van der Waals surface area contributed by atoms with Gasteiger partial charge in [-0.25, -0.2) is 9.37 Å². The minimum Gasteiger partial charge on any atom is -0.496 e. The Kier molecular flexibility index (Phi) is 8.54. The molecule has 0 saturated heterocycles. The van der Waals surface area contributed by atoms with E-state index in [1.54, 1.807) is 47.4 Å². The molecule has 2 amide bonds. The fourth-order valence-electron chi connectivity index (χ4n) is 5.74. The molecule has 0 radical (unpaired) electrons. The predicted octanol–water partition coefficient (Wildman–Crippen LogP) is 4.44. The second-order valence-corrected chi connectivity index (χ2v) is 10.5. The van der Waals surface area contributed by atoms with Gasteiger partial charge in [-0.3, -0.25) is 19.5 Å². The SMILES string of the molecule is COc1ccccc1-c1cc(C2=CCCN(C(=O)CCN=C/C=N\N)C2)c(F)c2[nH]c(C(=O)N3CCOc4ncccc43)cc12. The summed E-state index contributed by atoms with van der Waals surface area (Å²) in [5, 5.41) is 3.88. The zero-order valence-electron chi connectivity index (χ0n) is 24.7. The van der Waals surface area contributed by atoms with Gasteiger partial charge in [0.15, 0.2) is 5.82 Å². The van der Waals surface area contributed by atoms with Gasteiger partial charge < -0.3 is 25.2 Å². The number of anilines is 1. The van der Waals surface area contributed by atoms with Crippen LogP contribution < -0.4 is 20.2 Å². The highest BCUT2D eigenvalue weighted by molar-refractivity contribution is 6.16. The van der Waals surface area contributed by atoms with Crippen molar-refractivity contribution in [2.24, 2.45) is 15.9 Å².